The second kappa shape index (κ2) is 13.4. The summed E-state index contributed by atoms with van der Waals surface area (Å²) >= 11 is 1.80. The third-order valence-corrected chi connectivity index (χ3v) is 13.5. The van der Waals surface area contributed by atoms with Crippen LogP contribution < -0.4 is 21.2 Å². The molecule has 0 aliphatic heterocycles. The zero-order chi connectivity index (χ0) is 26.0. The Morgan fingerprint density at radius 2 is 0.811 bits per heavy atom. The molecule has 37 heavy (non-hydrogen) atoms. The van der Waals surface area contributed by atoms with Crippen LogP contribution in [-0.4, -0.2) is 48.9 Å². The van der Waals surface area contributed by atoms with Gasteiger partial charge in [-0.3, -0.25) is 0 Å². The van der Waals surface area contributed by atoms with Gasteiger partial charge < -0.3 is 14.0 Å². The lowest BCUT2D eigenvalue weighted by Crippen LogP contribution is -2.35. The van der Waals surface area contributed by atoms with Crippen molar-refractivity contribution < 1.29 is 9.13 Å². The molecule has 0 bridgehead atoms. The van der Waals surface area contributed by atoms with Crippen molar-refractivity contribution in [2.75, 3.05) is 44.0 Å². The molecule has 0 atom stereocenters. The third kappa shape index (κ3) is 6.95. The van der Waals surface area contributed by atoms with Crippen LogP contribution in [0.1, 0.15) is 0 Å². The molecule has 0 N–H and O–H groups in total. The van der Waals surface area contributed by atoms with Crippen molar-refractivity contribution >= 4 is 47.3 Å². The van der Waals surface area contributed by atoms with Crippen molar-refractivity contribution in [2.45, 2.75) is 0 Å². The van der Waals surface area contributed by atoms with Crippen molar-refractivity contribution in [1.29, 1.82) is 0 Å². The van der Waals surface area contributed by atoms with Gasteiger partial charge in [0.1, 0.15) is 14.3 Å². The highest BCUT2D eigenvalue weighted by atomic mass is 32.2. The van der Waals surface area contributed by atoms with Crippen LogP contribution in [0.2, 0.25) is 0 Å². The van der Waals surface area contributed by atoms with Crippen LogP contribution in [0.3, 0.4) is 0 Å². The number of hydrogen-bond acceptors (Lipinski definition) is 4. The van der Waals surface area contributed by atoms with E-state index in [0.29, 0.717) is 25.4 Å². The van der Waals surface area contributed by atoms with E-state index in [-0.39, 0.29) is 0 Å². The summed E-state index contributed by atoms with van der Waals surface area (Å²) in [6.07, 6.45) is 3.21. The van der Waals surface area contributed by atoms with Gasteiger partial charge in [-0.05, 0) is 6.26 Å². The molecule has 6 heteroatoms. The lowest BCUT2D eigenvalue weighted by Gasteiger charge is -2.28. The smallest absolute Gasteiger partial charge is 0.144 e. The van der Waals surface area contributed by atoms with Gasteiger partial charge in [0, 0.05) is 58.9 Å². The molecule has 0 amide bonds. The first-order valence-electron chi connectivity index (χ1n) is 12.7. The largest absolute Gasteiger partial charge is 0.314 e. The fourth-order valence-electron chi connectivity index (χ4n) is 4.61. The molecule has 0 aromatic heterocycles. The number of nitrogens with zero attached hydrogens (tertiary/aromatic N) is 1. The molecule has 4 aromatic rings. The Bertz CT molecular complexity index is 1130. The molecule has 0 fully saturated rings. The summed E-state index contributed by atoms with van der Waals surface area (Å²) in [5, 5.41) is 3.58. The summed E-state index contributed by atoms with van der Waals surface area (Å²) in [4.78, 5) is 2.35. The Kier molecular flexibility index (Phi) is 10.1. The Morgan fingerprint density at radius 3 is 1.08 bits per heavy atom. The second-order valence-corrected chi connectivity index (χ2v) is 16.0. The SMILES string of the molecule is CSCCN(CCP(=O)(c1ccccc1)c1ccccc1)CCP(=O)(c1ccccc1)c1ccccc1. The number of thioether (sulfide) groups is 1. The summed E-state index contributed by atoms with van der Waals surface area (Å²) in [5.74, 6) is 0.974. The minimum Gasteiger partial charge on any atom is -0.314 e. The Morgan fingerprint density at radius 1 is 0.514 bits per heavy atom. The second-order valence-electron chi connectivity index (χ2n) is 9.10. The van der Waals surface area contributed by atoms with Crippen LogP contribution in [0.4, 0.5) is 0 Å². The van der Waals surface area contributed by atoms with E-state index < -0.39 is 14.3 Å². The highest BCUT2D eigenvalue weighted by molar-refractivity contribution is 7.98. The zero-order valence-corrected chi connectivity index (χ0v) is 24.0. The average molecular weight is 548 g/mol. The third-order valence-electron chi connectivity index (χ3n) is 6.77. The molecular formula is C31H35NO2P2S. The maximum absolute atomic E-state index is 14.6. The lowest BCUT2D eigenvalue weighted by molar-refractivity contribution is 0.326. The Labute approximate surface area is 226 Å². The number of rotatable bonds is 13. The van der Waals surface area contributed by atoms with Crippen LogP contribution in [0.15, 0.2) is 121 Å². The van der Waals surface area contributed by atoms with Crippen LogP contribution >= 0.6 is 26.0 Å². The van der Waals surface area contributed by atoms with Crippen molar-refractivity contribution in [3.63, 3.8) is 0 Å². The minimum absolute atomic E-state index is 0.552. The van der Waals surface area contributed by atoms with Crippen molar-refractivity contribution in [2.24, 2.45) is 0 Å². The summed E-state index contributed by atoms with van der Waals surface area (Å²) in [6, 6.07) is 39.5. The maximum atomic E-state index is 14.6. The molecule has 0 heterocycles. The van der Waals surface area contributed by atoms with E-state index in [1.165, 1.54) is 0 Å². The van der Waals surface area contributed by atoms with E-state index in [9.17, 15) is 9.13 Å². The van der Waals surface area contributed by atoms with Crippen LogP contribution in [0.25, 0.3) is 0 Å². The molecule has 0 saturated carbocycles. The first-order chi connectivity index (χ1) is 18.1. The Balaban J connectivity index is 1.58. The molecule has 0 aliphatic rings. The molecule has 4 aromatic carbocycles. The minimum atomic E-state index is -2.81. The Hall–Kier alpha value is -2.35. The summed E-state index contributed by atoms with van der Waals surface area (Å²) in [6.45, 7) is 2.24. The summed E-state index contributed by atoms with van der Waals surface area (Å²) in [5.41, 5.74) is 0. The predicted octanol–water partition coefficient (Wildman–Crippen LogP) is 5.68. The molecular weight excluding hydrogens is 512 g/mol. The zero-order valence-electron chi connectivity index (χ0n) is 21.4. The van der Waals surface area contributed by atoms with Crippen molar-refractivity contribution in [1.82, 2.24) is 4.90 Å². The van der Waals surface area contributed by atoms with Gasteiger partial charge in [0.05, 0.1) is 0 Å². The number of hydrogen-bond donors (Lipinski definition) is 0. The van der Waals surface area contributed by atoms with Gasteiger partial charge in [0.2, 0.25) is 0 Å². The lowest BCUT2D eigenvalue weighted by atomic mass is 10.4. The number of benzene rings is 4. The van der Waals surface area contributed by atoms with E-state index in [4.69, 9.17) is 0 Å². The fraction of sp³-hybridized carbons (Fsp3) is 0.226. The highest BCUT2D eigenvalue weighted by Gasteiger charge is 2.30. The van der Waals surface area contributed by atoms with Gasteiger partial charge in [-0.2, -0.15) is 11.8 Å². The van der Waals surface area contributed by atoms with Gasteiger partial charge in [-0.25, -0.2) is 0 Å². The van der Waals surface area contributed by atoms with Crippen LogP contribution in [0.5, 0.6) is 0 Å². The predicted molar refractivity (Wildman–Crippen MR) is 164 cm³/mol. The summed E-state index contributed by atoms with van der Waals surface area (Å²) < 4.78 is 29.1. The van der Waals surface area contributed by atoms with E-state index in [1.54, 1.807) is 11.8 Å². The van der Waals surface area contributed by atoms with Gasteiger partial charge >= 0.3 is 0 Å². The molecule has 4 rings (SSSR count). The van der Waals surface area contributed by atoms with E-state index in [0.717, 1.165) is 33.5 Å². The molecule has 0 radical (unpaired) electrons. The van der Waals surface area contributed by atoms with E-state index >= 15 is 0 Å². The summed E-state index contributed by atoms with van der Waals surface area (Å²) in [7, 11) is -5.62. The van der Waals surface area contributed by atoms with Gasteiger partial charge in [-0.15, -0.1) is 0 Å². The van der Waals surface area contributed by atoms with Crippen molar-refractivity contribution in [3.8, 4) is 0 Å². The van der Waals surface area contributed by atoms with E-state index in [1.807, 2.05) is 121 Å². The monoisotopic (exact) mass is 547 g/mol. The van der Waals surface area contributed by atoms with E-state index in [2.05, 4.69) is 11.2 Å². The fourth-order valence-corrected chi connectivity index (χ4v) is 10.4. The topological polar surface area (TPSA) is 37.4 Å². The quantitative estimate of drug-likeness (QED) is 0.202. The highest BCUT2D eigenvalue weighted by Crippen LogP contribution is 2.44. The van der Waals surface area contributed by atoms with Crippen LogP contribution in [0, 0.1) is 0 Å². The standard InChI is InChI=1S/C31H35NO2P2S/c1-37-27-24-32(22-25-35(33,28-14-6-2-7-15-28)29-16-8-3-9-17-29)23-26-36(34,30-18-10-4-11-19-30)31-20-12-5-13-21-31/h2-21H,22-27H2,1H3. The molecule has 192 valence electrons. The van der Waals surface area contributed by atoms with Gasteiger partial charge in [-0.1, -0.05) is 121 Å². The first kappa shape index (κ1) is 27.7. The van der Waals surface area contributed by atoms with Gasteiger partial charge in [0.15, 0.2) is 0 Å². The molecule has 0 saturated heterocycles. The molecule has 3 nitrogen and oxygen atoms in total. The molecule has 0 unspecified atom stereocenters. The van der Waals surface area contributed by atoms with Crippen molar-refractivity contribution in [3.05, 3.63) is 121 Å². The maximum Gasteiger partial charge on any atom is 0.144 e. The molecule has 0 spiro atoms. The first-order valence-corrected chi connectivity index (χ1v) is 17.9. The average Bonchev–Trinajstić information content (AvgIpc) is 2.98. The van der Waals surface area contributed by atoms with Crippen LogP contribution in [-0.2, 0) is 9.13 Å². The molecule has 0 aliphatic carbocycles. The van der Waals surface area contributed by atoms with Gasteiger partial charge in [0.25, 0.3) is 0 Å². The normalized spacial score (nSPS) is 12.1.